The first-order chi connectivity index (χ1) is 23.8. The number of ether oxygens (including phenoxy) is 1. The van der Waals surface area contributed by atoms with Crippen LogP contribution in [0.2, 0.25) is 0 Å². The van der Waals surface area contributed by atoms with Gasteiger partial charge in [0, 0.05) is 50.7 Å². The molecule has 0 spiro atoms. The van der Waals surface area contributed by atoms with Crippen molar-refractivity contribution in [2.75, 3.05) is 0 Å². The Labute approximate surface area is 275 Å². The lowest BCUT2D eigenvalue weighted by molar-refractivity contribution is 0.288. The Kier molecular flexibility index (Phi) is 5.90. The molecule has 1 aliphatic heterocycles. The second-order valence-electron chi connectivity index (χ2n) is 12.2. The van der Waals surface area contributed by atoms with Crippen LogP contribution < -0.4 is 15.3 Å². The van der Waals surface area contributed by atoms with E-state index in [0.29, 0.717) is 17.5 Å². The summed E-state index contributed by atoms with van der Waals surface area (Å²) < 4.78 is 13.3. The number of furan rings is 1. The average Bonchev–Trinajstić information content (AvgIpc) is 3.72. The monoisotopic (exact) mass is 618 g/mol. The van der Waals surface area contributed by atoms with Crippen molar-refractivity contribution in [3.8, 4) is 51.0 Å². The van der Waals surface area contributed by atoms with E-state index >= 15 is 0 Å². The third-order valence-electron chi connectivity index (χ3n) is 9.30. The van der Waals surface area contributed by atoms with Crippen LogP contribution in [0.5, 0.6) is 5.75 Å². The van der Waals surface area contributed by atoms with Gasteiger partial charge in [0.2, 0.25) is 0 Å². The van der Waals surface area contributed by atoms with Gasteiger partial charge in [0.1, 0.15) is 23.0 Å². The lowest BCUT2D eigenvalue weighted by atomic mass is 9.86. The summed E-state index contributed by atoms with van der Waals surface area (Å²) in [5, 5.41) is 4.17. The predicted molar refractivity (Wildman–Crippen MR) is 188 cm³/mol. The maximum atomic E-state index is 6.76. The quantitative estimate of drug-likeness (QED) is 0.199. The molecule has 8 aromatic rings. The SMILES string of the molecule is C1=c2cccnc2=CC2Oc3cc(-c4cccc5c4oc4ccccc45)cc(-c4nc(-c5ccccc5)nc(-c5ccccc5)n4)c3C12. The van der Waals surface area contributed by atoms with Crippen LogP contribution in [0.3, 0.4) is 0 Å². The topological polar surface area (TPSA) is 73.9 Å². The second kappa shape index (κ2) is 10.6. The first kappa shape index (κ1) is 26.8. The third kappa shape index (κ3) is 4.27. The van der Waals surface area contributed by atoms with Crippen molar-refractivity contribution in [3.05, 3.63) is 150 Å². The third-order valence-corrected chi connectivity index (χ3v) is 9.30. The van der Waals surface area contributed by atoms with E-state index in [9.17, 15) is 0 Å². The molecule has 0 N–H and O–H groups in total. The van der Waals surface area contributed by atoms with Crippen molar-refractivity contribution in [1.82, 2.24) is 19.9 Å². The van der Waals surface area contributed by atoms with Gasteiger partial charge in [0.15, 0.2) is 17.5 Å². The summed E-state index contributed by atoms with van der Waals surface area (Å²) in [6.45, 7) is 0. The van der Waals surface area contributed by atoms with Gasteiger partial charge in [-0.05, 0) is 41.1 Å². The molecule has 2 unspecified atom stereocenters. The van der Waals surface area contributed by atoms with E-state index in [-0.39, 0.29) is 12.0 Å². The fraction of sp³-hybridized carbons (Fsp3) is 0.0476. The number of fused-ring (bicyclic) bond motifs is 7. The smallest absolute Gasteiger partial charge is 0.164 e. The summed E-state index contributed by atoms with van der Waals surface area (Å²) in [5.74, 6) is 2.57. The Balaban J connectivity index is 1.26. The van der Waals surface area contributed by atoms with E-state index in [4.69, 9.17) is 24.1 Å². The van der Waals surface area contributed by atoms with Crippen molar-refractivity contribution in [3.63, 3.8) is 0 Å². The van der Waals surface area contributed by atoms with E-state index in [1.54, 1.807) is 0 Å². The molecule has 0 bridgehead atoms. The van der Waals surface area contributed by atoms with Crippen molar-refractivity contribution in [2.24, 2.45) is 0 Å². The number of pyridine rings is 1. The van der Waals surface area contributed by atoms with E-state index in [1.807, 2.05) is 91.1 Å². The van der Waals surface area contributed by atoms with Gasteiger partial charge in [-0.15, -0.1) is 0 Å². The number of hydrogen-bond donors (Lipinski definition) is 0. The molecule has 6 heteroatoms. The van der Waals surface area contributed by atoms with Crippen molar-refractivity contribution in [2.45, 2.75) is 12.0 Å². The summed E-state index contributed by atoms with van der Waals surface area (Å²) in [7, 11) is 0. The zero-order valence-corrected chi connectivity index (χ0v) is 25.6. The highest BCUT2D eigenvalue weighted by atomic mass is 16.5. The number of aromatic nitrogens is 4. The first-order valence-electron chi connectivity index (χ1n) is 16.0. The van der Waals surface area contributed by atoms with Crippen LogP contribution in [0.1, 0.15) is 11.5 Å². The normalized spacial score (nSPS) is 16.0. The van der Waals surface area contributed by atoms with Crippen molar-refractivity contribution in [1.29, 1.82) is 0 Å². The summed E-state index contributed by atoms with van der Waals surface area (Å²) in [6, 6.07) is 43.0. The molecule has 226 valence electrons. The van der Waals surface area contributed by atoms with Gasteiger partial charge in [-0.2, -0.15) is 0 Å². The van der Waals surface area contributed by atoms with Gasteiger partial charge < -0.3 is 9.15 Å². The van der Waals surface area contributed by atoms with E-state index < -0.39 is 0 Å². The van der Waals surface area contributed by atoms with E-state index in [2.05, 4.69) is 59.6 Å². The Hall–Kier alpha value is -6.40. The molecule has 10 rings (SSSR count). The first-order valence-corrected chi connectivity index (χ1v) is 16.0. The molecule has 0 saturated carbocycles. The molecular weight excluding hydrogens is 592 g/mol. The Bertz CT molecular complexity index is 2610. The largest absolute Gasteiger partial charge is 0.485 e. The van der Waals surface area contributed by atoms with Crippen LogP contribution in [0.15, 0.2) is 138 Å². The van der Waals surface area contributed by atoms with Gasteiger partial charge in [-0.1, -0.05) is 109 Å². The van der Waals surface area contributed by atoms with E-state index in [1.165, 1.54) is 0 Å². The standard InChI is InChI=1S/C42H26N4O2/c1-3-11-25(12-4-1)40-44-41(26-13-5-2-6-14-26)46-42(45-40)33-22-28(29-17-9-18-31-30-16-7-8-19-35(30)48-39(29)31)23-37-38(33)32-21-27-15-10-20-43-34(27)24-36(32)47-37/h1-24,32,36H. The highest BCUT2D eigenvalue weighted by molar-refractivity contribution is 6.09. The minimum atomic E-state index is -0.206. The van der Waals surface area contributed by atoms with Gasteiger partial charge in [0.25, 0.3) is 0 Å². The fourth-order valence-corrected chi connectivity index (χ4v) is 7.07. The summed E-state index contributed by atoms with van der Waals surface area (Å²) in [4.78, 5) is 19.9. The molecular formula is C42H26N4O2. The van der Waals surface area contributed by atoms with Gasteiger partial charge >= 0.3 is 0 Å². The molecule has 3 aromatic heterocycles. The molecule has 48 heavy (non-hydrogen) atoms. The number of hydrogen-bond acceptors (Lipinski definition) is 6. The van der Waals surface area contributed by atoms with Crippen LogP contribution >= 0.6 is 0 Å². The Morgan fingerprint density at radius 1 is 0.542 bits per heavy atom. The molecule has 6 nitrogen and oxygen atoms in total. The Morgan fingerprint density at radius 2 is 1.25 bits per heavy atom. The zero-order chi connectivity index (χ0) is 31.6. The number of benzene rings is 5. The zero-order valence-electron chi connectivity index (χ0n) is 25.6. The fourth-order valence-electron chi connectivity index (χ4n) is 7.07. The molecule has 0 saturated heterocycles. The van der Waals surface area contributed by atoms with Gasteiger partial charge in [0.05, 0.1) is 5.35 Å². The molecule has 1 aliphatic carbocycles. The second-order valence-corrected chi connectivity index (χ2v) is 12.2. The average molecular weight is 619 g/mol. The van der Waals surface area contributed by atoms with Crippen LogP contribution in [0.25, 0.3) is 79.4 Å². The number of para-hydroxylation sites is 2. The maximum Gasteiger partial charge on any atom is 0.164 e. The van der Waals surface area contributed by atoms with Crippen molar-refractivity contribution < 1.29 is 9.15 Å². The van der Waals surface area contributed by atoms with Gasteiger partial charge in [-0.3, -0.25) is 4.98 Å². The molecule has 2 aliphatic rings. The highest BCUT2D eigenvalue weighted by Gasteiger charge is 2.37. The molecule has 4 heterocycles. The molecule has 0 amide bonds. The minimum absolute atomic E-state index is 0.0418. The summed E-state index contributed by atoms with van der Waals surface area (Å²) in [6.07, 6.45) is 6.01. The predicted octanol–water partition coefficient (Wildman–Crippen LogP) is 7.95. The van der Waals surface area contributed by atoms with Crippen LogP contribution in [-0.4, -0.2) is 26.0 Å². The molecule has 0 radical (unpaired) electrons. The van der Waals surface area contributed by atoms with Crippen molar-refractivity contribution >= 4 is 34.1 Å². The minimum Gasteiger partial charge on any atom is -0.485 e. The molecule has 5 aromatic carbocycles. The van der Waals surface area contributed by atoms with Gasteiger partial charge in [-0.25, -0.2) is 15.0 Å². The van der Waals surface area contributed by atoms with Crippen LogP contribution in [0.4, 0.5) is 0 Å². The van der Waals surface area contributed by atoms with Crippen LogP contribution in [0, 0.1) is 0 Å². The summed E-state index contributed by atoms with van der Waals surface area (Å²) in [5.41, 5.74) is 7.42. The van der Waals surface area contributed by atoms with E-state index in [0.717, 1.165) is 71.6 Å². The number of nitrogens with zero attached hydrogens (tertiary/aromatic N) is 4. The highest BCUT2D eigenvalue weighted by Crippen LogP contribution is 2.49. The maximum absolute atomic E-state index is 6.76. The number of rotatable bonds is 4. The van der Waals surface area contributed by atoms with Crippen LogP contribution in [-0.2, 0) is 0 Å². The lowest BCUT2D eigenvalue weighted by Gasteiger charge is -2.17. The Morgan fingerprint density at radius 3 is 2.04 bits per heavy atom. The molecule has 0 fully saturated rings. The molecule has 2 atom stereocenters. The lowest BCUT2D eigenvalue weighted by Crippen LogP contribution is -2.36. The summed E-state index contributed by atoms with van der Waals surface area (Å²) >= 11 is 0.